The molecule has 2 aromatic rings. The largest absolute Gasteiger partial charge is 1.00 e. The van der Waals surface area contributed by atoms with Crippen LogP contribution in [-0.2, 0) is 36.7 Å². The van der Waals surface area contributed by atoms with Gasteiger partial charge in [0.15, 0.2) is 0 Å². The molecule has 0 radical (unpaired) electrons. The van der Waals surface area contributed by atoms with E-state index in [1.165, 1.54) is 34.2 Å². The molecule has 0 aromatic heterocycles. The maximum Gasteiger partial charge on any atom is 0.0164 e. The van der Waals surface area contributed by atoms with Gasteiger partial charge >= 0.3 is 0 Å². The van der Waals surface area contributed by atoms with E-state index in [1.807, 2.05) is 0 Å². The molecule has 2 unspecified atom stereocenters. The standard InChI is InChI=1S/C36H48.2ClH.Hf/c1-32(2,3)22-13-15-25-27(17-22)28-18-23(33(4,5)6)14-16-26(28)31(25)36(12)21-35(10,11)29-19-24(20-30(29)36)34(7,8)9;;;/h13-20,30-31H,21H2,1-12H3;2*1H;/p-2. The average molecular weight is 730 g/mol. The first-order valence-electron chi connectivity index (χ1n) is 14.1. The minimum atomic E-state index is 0. The fourth-order valence-corrected chi connectivity index (χ4v) is 7.54. The van der Waals surface area contributed by atoms with Crippen LogP contribution >= 0.6 is 0 Å². The Labute approximate surface area is 270 Å². The first kappa shape index (κ1) is 34.6. The summed E-state index contributed by atoms with van der Waals surface area (Å²) >= 11 is 0. The minimum absolute atomic E-state index is 0. The molecule has 0 N–H and O–H groups in total. The maximum absolute atomic E-state index is 2.65. The molecule has 0 bridgehead atoms. The van der Waals surface area contributed by atoms with Crippen LogP contribution in [0.25, 0.3) is 11.1 Å². The van der Waals surface area contributed by atoms with E-state index in [-0.39, 0.29) is 77.7 Å². The Kier molecular flexibility index (Phi) is 9.37. The molecule has 0 aliphatic heterocycles. The Bertz CT molecular complexity index is 1240. The van der Waals surface area contributed by atoms with Gasteiger partial charge in [0.1, 0.15) is 0 Å². The van der Waals surface area contributed by atoms with E-state index >= 15 is 0 Å². The molecule has 39 heavy (non-hydrogen) atoms. The first-order valence-corrected chi connectivity index (χ1v) is 14.1. The predicted molar refractivity (Wildman–Crippen MR) is 157 cm³/mol. The van der Waals surface area contributed by atoms with E-state index < -0.39 is 0 Å². The summed E-state index contributed by atoms with van der Waals surface area (Å²) in [7, 11) is 0. The summed E-state index contributed by atoms with van der Waals surface area (Å²) in [6.07, 6.45) is 6.43. The molecule has 0 amide bonds. The van der Waals surface area contributed by atoms with Gasteiger partial charge in [0.25, 0.3) is 0 Å². The summed E-state index contributed by atoms with van der Waals surface area (Å²) in [5.74, 6) is 0.909. The van der Waals surface area contributed by atoms with E-state index in [0.29, 0.717) is 11.8 Å². The van der Waals surface area contributed by atoms with E-state index in [4.69, 9.17) is 0 Å². The van der Waals surface area contributed by atoms with Crippen molar-refractivity contribution in [1.82, 2.24) is 0 Å². The summed E-state index contributed by atoms with van der Waals surface area (Å²) in [4.78, 5) is 0. The van der Waals surface area contributed by atoms with Gasteiger partial charge in [-0.2, -0.15) is 0 Å². The molecule has 3 heteroatoms. The van der Waals surface area contributed by atoms with Crippen molar-refractivity contribution in [3.8, 4) is 11.1 Å². The van der Waals surface area contributed by atoms with Gasteiger partial charge in [-0.3, -0.25) is 0 Å². The first-order chi connectivity index (χ1) is 16.3. The van der Waals surface area contributed by atoms with Crippen LogP contribution in [0, 0.1) is 22.2 Å². The number of halogens is 2. The zero-order chi connectivity index (χ0) is 26.6. The van der Waals surface area contributed by atoms with Gasteiger partial charge in [0.2, 0.25) is 0 Å². The van der Waals surface area contributed by atoms with Crippen molar-refractivity contribution < 1.29 is 50.7 Å². The SMILES string of the molecule is CC(C)(C)C1=CC2C(=C1)C(C)(C)CC2(C)C1c2ccc(C(C)(C)C)cc2-c2cc(C(C)(C)C)ccc21.[Cl-].[Cl-].[Hf]. The molecule has 0 heterocycles. The Hall–Kier alpha value is -0.630. The number of hydrogen-bond acceptors (Lipinski definition) is 0. The van der Waals surface area contributed by atoms with Crippen LogP contribution in [0.2, 0.25) is 0 Å². The van der Waals surface area contributed by atoms with Crippen LogP contribution in [-0.4, -0.2) is 0 Å². The Balaban J connectivity index is 0.00000178. The number of benzene rings is 2. The third-order valence-electron chi connectivity index (χ3n) is 9.58. The third kappa shape index (κ3) is 5.60. The molecular weight excluding hydrogens is 682 g/mol. The molecule has 3 aliphatic carbocycles. The summed E-state index contributed by atoms with van der Waals surface area (Å²) < 4.78 is 0. The molecular formula is C36H48Cl2Hf-2. The molecule has 2 aromatic carbocycles. The van der Waals surface area contributed by atoms with E-state index in [0.717, 1.165) is 0 Å². The van der Waals surface area contributed by atoms with Crippen molar-refractivity contribution in [2.24, 2.45) is 22.2 Å². The monoisotopic (exact) mass is 730 g/mol. The number of allylic oxidation sites excluding steroid dienone is 4. The van der Waals surface area contributed by atoms with E-state index in [2.05, 4.69) is 132 Å². The van der Waals surface area contributed by atoms with Crippen molar-refractivity contribution in [2.75, 3.05) is 0 Å². The normalized spacial score (nSPS) is 23.4. The molecule has 1 saturated carbocycles. The second-order valence-electron chi connectivity index (χ2n) is 16.1. The second kappa shape index (κ2) is 10.6. The van der Waals surface area contributed by atoms with Crippen LogP contribution in [0.15, 0.2) is 59.7 Å². The fraction of sp³-hybridized carbons (Fsp3) is 0.556. The van der Waals surface area contributed by atoms with Gasteiger partial charge in [0.05, 0.1) is 0 Å². The second-order valence-corrected chi connectivity index (χ2v) is 16.1. The topological polar surface area (TPSA) is 0 Å². The van der Waals surface area contributed by atoms with Crippen LogP contribution < -0.4 is 24.8 Å². The van der Waals surface area contributed by atoms with E-state index in [1.54, 1.807) is 16.7 Å². The predicted octanol–water partition coefficient (Wildman–Crippen LogP) is 4.36. The number of hydrogen-bond donors (Lipinski definition) is 0. The summed E-state index contributed by atoms with van der Waals surface area (Å²) in [5.41, 5.74) is 12.9. The van der Waals surface area contributed by atoms with E-state index in [9.17, 15) is 0 Å². The zero-order valence-electron chi connectivity index (χ0n) is 26.2. The molecule has 0 saturated heterocycles. The molecule has 0 nitrogen and oxygen atoms in total. The maximum atomic E-state index is 2.65. The summed E-state index contributed by atoms with van der Waals surface area (Å²) in [6.45, 7) is 28.7. The summed E-state index contributed by atoms with van der Waals surface area (Å²) in [6, 6.07) is 14.8. The Morgan fingerprint density at radius 2 is 1.10 bits per heavy atom. The van der Waals surface area contributed by atoms with Gasteiger partial charge in [-0.1, -0.05) is 137 Å². The van der Waals surface area contributed by atoms with Gasteiger partial charge in [0, 0.05) is 37.7 Å². The van der Waals surface area contributed by atoms with Gasteiger partial charge < -0.3 is 24.8 Å². The van der Waals surface area contributed by atoms with Crippen molar-refractivity contribution in [1.29, 1.82) is 0 Å². The number of rotatable bonds is 1. The zero-order valence-corrected chi connectivity index (χ0v) is 31.3. The van der Waals surface area contributed by atoms with Crippen LogP contribution in [0.4, 0.5) is 0 Å². The van der Waals surface area contributed by atoms with Crippen molar-refractivity contribution in [2.45, 2.75) is 106 Å². The van der Waals surface area contributed by atoms with Crippen LogP contribution in [0.3, 0.4) is 0 Å². The fourth-order valence-electron chi connectivity index (χ4n) is 7.54. The smallest absolute Gasteiger partial charge is 0.0164 e. The molecule has 5 rings (SSSR count). The van der Waals surface area contributed by atoms with Gasteiger partial charge in [-0.05, 0) is 72.4 Å². The quantitative estimate of drug-likeness (QED) is 0.383. The number of fused-ring (bicyclic) bond motifs is 4. The van der Waals surface area contributed by atoms with Crippen LogP contribution in [0.5, 0.6) is 0 Å². The van der Waals surface area contributed by atoms with Crippen molar-refractivity contribution in [3.63, 3.8) is 0 Å². The molecule has 2 atom stereocenters. The molecule has 0 spiro atoms. The third-order valence-corrected chi connectivity index (χ3v) is 9.58. The van der Waals surface area contributed by atoms with Crippen LogP contribution in [0.1, 0.15) is 118 Å². The Morgan fingerprint density at radius 3 is 1.49 bits per heavy atom. The Morgan fingerprint density at radius 1 is 0.667 bits per heavy atom. The average Bonchev–Trinajstić information content (AvgIpc) is 3.37. The summed E-state index contributed by atoms with van der Waals surface area (Å²) in [5, 5.41) is 0. The molecule has 3 aliphatic rings. The molecule has 212 valence electrons. The van der Waals surface area contributed by atoms with Gasteiger partial charge in [-0.25, -0.2) is 0 Å². The van der Waals surface area contributed by atoms with Crippen molar-refractivity contribution in [3.05, 3.63) is 82.0 Å². The van der Waals surface area contributed by atoms with Crippen molar-refractivity contribution >= 4 is 0 Å². The molecule has 1 fully saturated rings. The van der Waals surface area contributed by atoms with Gasteiger partial charge in [-0.15, -0.1) is 0 Å². The minimum Gasteiger partial charge on any atom is -1.00 e.